The molecule has 0 spiro atoms. The number of anilines is 1. The molecule has 0 aliphatic carbocycles. The van der Waals surface area contributed by atoms with Crippen molar-refractivity contribution in [3.8, 4) is 0 Å². The highest BCUT2D eigenvalue weighted by atomic mass is 35.5. The Kier molecular flexibility index (Phi) is 3.06. The van der Waals surface area contributed by atoms with Crippen molar-refractivity contribution in [1.29, 1.82) is 0 Å². The van der Waals surface area contributed by atoms with Crippen LogP contribution >= 0.6 is 22.9 Å². The first-order valence-corrected chi connectivity index (χ1v) is 7.19. The molecule has 0 saturated heterocycles. The lowest BCUT2D eigenvalue weighted by molar-refractivity contribution is 0.218. The quantitative estimate of drug-likeness (QED) is 0.840. The van der Waals surface area contributed by atoms with Gasteiger partial charge in [0.15, 0.2) is 0 Å². The standard InChI is InChI=1S/C14H15ClN2S/c1-9(13-4-5-14(15)18-13)17-7-10-2-3-12(16)6-11(10)8-17/h2-6,9H,7-8,16H2,1H3. The Morgan fingerprint density at radius 1 is 1.22 bits per heavy atom. The minimum Gasteiger partial charge on any atom is -0.399 e. The summed E-state index contributed by atoms with van der Waals surface area (Å²) < 4.78 is 0.859. The zero-order chi connectivity index (χ0) is 12.7. The van der Waals surface area contributed by atoms with Gasteiger partial charge in [0, 0.05) is 29.7 Å². The minimum absolute atomic E-state index is 0.399. The van der Waals surface area contributed by atoms with Crippen molar-refractivity contribution in [2.24, 2.45) is 0 Å². The zero-order valence-electron chi connectivity index (χ0n) is 10.2. The maximum atomic E-state index is 6.00. The summed E-state index contributed by atoms with van der Waals surface area (Å²) in [5, 5.41) is 0. The van der Waals surface area contributed by atoms with Crippen LogP contribution in [0, 0.1) is 0 Å². The number of hydrogen-bond acceptors (Lipinski definition) is 3. The number of nitrogens with zero attached hydrogens (tertiary/aromatic N) is 1. The van der Waals surface area contributed by atoms with E-state index in [4.69, 9.17) is 17.3 Å². The Hall–Kier alpha value is -1.03. The fourth-order valence-electron chi connectivity index (χ4n) is 2.45. The van der Waals surface area contributed by atoms with Gasteiger partial charge in [-0.05, 0) is 42.3 Å². The van der Waals surface area contributed by atoms with Crippen LogP contribution in [0.3, 0.4) is 0 Å². The van der Waals surface area contributed by atoms with E-state index in [-0.39, 0.29) is 0 Å². The van der Waals surface area contributed by atoms with Crippen molar-refractivity contribution in [2.45, 2.75) is 26.1 Å². The smallest absolute Gasteiger partial charge is 0.0931 e. The largest absolute Gasteiger partial charge is 0.399 e. The number of rotatable bonds is 2. The van der Waals surface area contributed by atoms with Crippen LogP contribution in [0.5, 0.6) is 0 Å². The summed E-state index contributed by atoms with van der Waals surface area (Å²) in [6.45, 7) is 4.20. The van der Waals surface area contributed by atoms with Gasteiger partial charge in [-0.2, -0.15) is 0 Å². The maximum Gasteiger partial charge on any atom is 0.0931 e. The van der Waals surface area contributed by atoms with Gasteiger partial charge >= 0.3 is 0 Å². The number of hydrogen-bond donors (Lipinski definition) is 1. The van der Waals surface area contributed by atoms with Gasteiger partial charge in [-0.15, -0.1) is 11.3 Å². The molecule has 2 nitrogen and oxygen atoms in total. The van der Waals surface area contributed by atoms with Gasteiger partial charge in [-0.25, -0.2) is 0 Å². The van der Waals surface area contributed by atoms with Gasteiger partial charge in [0.1, 0.15) is 0 Å². The van der Waals surface area contributed by atoms with E-state index in [0.29, 0.717) is 6.04 Å². The second kappa shape index (κ2) is 4.57. The number of nitrogen functional groups attached to an aromatic ring is 1. The molecule has 0 amide bonds. The molecule has 1 aromatic heterocycles. The molecule has 1 unspecified atom stereocenters. The van der Waals surface area contributed by atoms with Crippen LogP contribution in [0.1, 0.15) is 29.0 Å². The van der Waals surface area contributed by atoms with Crippen molar-refractivity contribution < 1.29 is 0 Å². The molecule has 1 aliphatic rings. The van der Waals surface area contributed by atoms with Crippen molar-refractivity contribution in [1.82, 2.24) is 4.90 Å². The predicted molar refractivity (Wildman–Crippen MR) is 77.8 cm³/mol. The van der Waals surface area contributed by atoms with Crippen LogP contribution in [0.25, 0.3) is 0 Å². The summed E-state index contributed by atoms with van der Waals surface area (Å²) in [4.78, 5) is 3.77. The molecule has 4 heteroatoms. The molecule has 2 heterocycles. The summed E-state index contributed by atoms with van der Waals surface area (Å²) in [6.07, 6.45) is 0. The average Bonchev–Trinajstić information content (AvgIpc) is 2.93. The molecule has 2 aromatic rings. The third-order valence-corrected chi connectivity index (χ3v) is 4.93. The average molecular weight is 279 g/mol. The number of benzene rings is 1. The molecule has 2 N–H and O–H groups in total. The molecule has 1 atom stereocenters. The van der Waals surface area contributed by atoms with E-state index < -0.39 is 0 Å². The van der Waals surface area contributed by atoms with Gasteiger partial charge in [-0.3, -0.25) is 4.90 Å². The van der Waals surface area contributed by atoms with Gasteiger partial charge in [0.25, 0.3) is 0 Å². The monoisotopic (exact) mass is 278 g/mol. The molecule has 0 radical (unpaired) electrons. The third kappa shape index (κ3) is 2.14. The first-order chi connectivity index (χ1) is 8.63. The van der Waals surface area contributed by atoms with E-state index in [9.17, 15) is 0 Å². The Labute approximate surface area is 116 Å². The van der Waals surface area contributed by atoms with E-state index in [1.165, 1.54) is 16.0 Å². The molecule has 0 fully saturated rings. The maximum absolute atomic E-state index is 6.00. The van der Waals surface area contributed by atoms with Crippen molar-refractivity contribution in [3.05, 3.63) is 50.7 Å². The van der Waals surface area contributed by atoms with Crippen LogP contribution in [0.4, 0.5) is 5.69 Å². The van der Waals surface area contributed by atoms with E-state index in [2.05, 4.69) is 30.0 Å². The SMILES string of the molecule is CC(c1ccc(Cl)s1)N1Cc2ccc(N)cc2C1. The zero-order valence-corrected chi connectivity index (χ0v) is 11.8. The molecule has 1 aromatic carbocycles. The molecule has 1 aliphatic heterocycles. The number of fused-ring (bicyclic) bond motifs is 1. The highest BCUT2D eigenvalue weighted by Gasteiger charge is 2.24. The normalized spacial score (nSPS) is 16.8. The summed E-state index contributed by atoms with van der Waals surface area (Å²) >= 11 is 7.67. The van der Waals surface area contributed by atoms with Gasteiger partial charge < -0.3 is 5.73 Å². The lowest BCUT2D eigenvalue weighted by Crippen LogP contribution is -2.19. The highest BCUT2D eigenvalue weighted by molar-refractivity contribution is 7.16. The van der Waals surface area contributed by atoms with Crippen LogP contribution in [-0.4, -0.2) is 4.90 Å². The molecule has 94 valence electrons. The number of halogens is 1. The summed E-state index contributed by atoms with van der Waals surface area (Å²) in [7, 11) is 0. The first-order valence-electron chi connectivity index (χ1n) is 6.00. The molecule has 3 rings (SSSR count). The van der Waals surface area contributed by atoms with Crippen LogP contribution in [-0.2, 0) is 13.1 Å². The molecule has 0 bridgehead atoms. The highest BCUT2D eigenvalue weighted by Crippen LogP contribution is 2.35. The third-order valence-electron chi connectivity index (χ3n) is 3.53. The van der Waals surface area contributed by atoms with Gasteiger partial charge in [0.05, 0.1) is 4.34 Å². The van der Waals surface area contributed by atoms with Gasteiger partial charge in [-0.1, -0.05) is 17.7 Å². The topological polar surface area (TPSA) is 29.3 Å². The van der Waals surface area contributed by atoms with Crippen LogP contribution in [0.15, 0.2) is 30.3 Å². The minimum atomic E-state index is 0.399. The van der Waals surface area contributed by atoms with Crippen molar-refractivity contribution in [3.63, 3.8) is 0 Å². The Morgan fingerprint density at radius 2 is 2.00 bits per heavy atom. The van der Waals surface area contributed by atoms with E-state index in [1.54, 1.807) is 11.3 Å². The van der Waals surface area contributed by atoms with Crippen molar-refractivity contribution in [2.75, 3.05) is 5.73 Å². The van der Waals surface area contributed by atoms with E-state index in [0.717, 1.165) is 23.1 Å². The number of thiophene rings is 1. The molecule has 18 heavy (non-hydrogen) atoms. The van der Waals surface area contributed by atoms with Gasteiger partial charge in [0.2, 0.25) is 0 Å². The molecular weight excluding hydrogens is 264 g/mol. The van der Waals surface area contributed by atoms with E-state index >= 15 is 0 Å². The van der Waals surface area contributed by atoms with E-state index in [1.807, 2.05) is 12.1 Å². The summed E-state index contributed by atoms with van der Waals surface area (Å²) in [5.41, 5.74) is 9.42. The fraction of sp³-hybridized carbons (Fsp3) is 0.286. The Bertz CT molecular complexity index is 579. The first kappa shape index (κ1) is 12.0. The van der Waals surface area contributed by atoms with Crippen LogP contribution < -0.4 is 5.73 Å². The lowest BCUT2D eigenvalue weighted by Gasteiger charge is -2.22. The predicted octanol–water partition coefficient (Wildman–Crippen LogP) is 4.06. The molecule has 0 saturated carbocycles. The lowest BCUT2D eigenvalue weighted by atomic mass is 10.1. The summed E-state index contributed by atoms with van der Waals surface area (Å²) in [6, 6.07) is 10.7. The van der Waals surface area contributed by atoms with Crippen LogP contribution in [0.2, 0.25) is 4.34 Å². The second-order valence-electron chi connectivity index (χ2n) is 4.75. The van der Waals surface area contributed by atoms with Crippen molar-refractivity contribution >= 4 is 28.6 Å². The Morgan fingerprint density at radius 3 is 2.72 bits per heavy atom. The Balaban J connectivity index is 1.81. The second-order valence-corrected chi connectivity index (χ2v) is 6.50. The summed E-state index contributed by atoms with van der Waals surface area (Å²) in [5.74, 6) is 0. The fourth-order valence-corrected chi connectivity index (χ4v) is 3.59. The molecular formula is C14H15ClN2S. The number of nitrogens with two attached hydrogens (primary N) is 1.